The van der Waals surface area contributed by atoms with Gasteiger partial charge >= 0.3 is 0 Å². The molecule has 2 N–H and O–H groups in total. The van der Waals surface area contributed by atoms with E-state index in [1.165, 1.54) is 11.6 Å². The molecule has 0 radical (unpaired) electrons. The highest BCUT2D eigenvalue weighted by Crippen LogP contribution is 2.33. The van der Waals surface area contributed by atoms with Crippen molar-refractivity contribution in [3.05, 3.63) is 65.4 Å². The van der Waals surface area contributed by atoms with Crippen molar-refractivity contribution >= 4 is 28.1 Å². The molecule has 0 saturated carbocycles. The lowest BCUT2D eigenvalue weighted by molar-refractivity contribution is 0.102. The number of pyridine rings is 2. The molecule has 1 aromatic carbocycles. The first kappa shape index (κ1) is 20.4. The van der Waals surface area contributed by atoms with Crippen LogP contribution in [0.4, 0.5) is 10.1 Å². The number of fused-ring (bicyclic) bond motifs is 2. The highest BCUT2D eigenvalue weighted by Gasteiger charge is 2.21. The zero-order chi connectivity index (χ0) is 22.2. The number of aryl methyl sites for hydroxylation is 1. The monoisotopic (exact) mass is 433 g/mol. The van der Waals surface area contributed by atoms with Crippen LogP contribution in [0.2, 0.25) is 0 Å². The lowest BCUT2D eigenvalue weighted by Crippen LogP contribution is -2.26. The van der Waals surface area contributed by atoms with E-state index in [0.717, 1.165) is 31.3 Å². The average molecular weight is 433 g/mol. The second kappa shape index (κ2) is 8.20. The minimum atomic E-state index is -0.498. The third kappa shape index (κ3) is 3.67. The molecule has 164 valence electrons. The minimum Gasteiger partial charge on any atom is -0.481 e. The van der Waals surface area contributed by atoms with Crippen molar-refractivity contribution in [2.45, 2.75) is 25.7 Å². The fourth-order valence-corrected chi connectivity index (χ4v) is 4.45. The molecule has 0 atom stereocenters. The van der Waals surface area contributed by atoms with E-state index in [-0.39, 0.29) is 11.6 Å². The molecule has 3 aromatic heterocycles. The predicted octanol–water partition coefficient (Wildman–Crippen LogP) is 4.06. The van der Waals surface area contributed by atoms with Crippen LogP contribution in [0.3, 0.4) is 0 Å². The summed E-state index contributed by atoms with van der Waals surface area (Å²) in [5.74, 6) is -0.00702. The zero-order valence-electron chi connectivity index (χ0n) is 18.0. The molecule has 1 aliphatic rings. The van der Waals surface area contributed by atoms with Crippen molar-refractivity contribution in [2.24, 2.45) is 0 Å². The van der Waals surface area contributed by atoms with Crippen LogP contribution in [0, 0.1) is 12.7 Å². The van der Waals surface area contributed by atoms with Crippen LogP contribution in [0.5, 0.6) is 5.88 Å². The third-order valence-corrected chi connectivity index (χ3v) is 5.98. The summed E-state index contributed by atoms with van der Waals surface area (Å²) in [6.45, 7) is 3.74. The van der Waals surface area contributed by atoms with E-state index in [4.69, 9.17) is 4.74 Å². The van der Waals surface area contributed by atoms with E-state index in [9.17, 15) is 9.18 Å². The summed E-state index contributed by atoms with van der Waals surface area (Å²) in [6, 6.07) is 8.88. The molecular weight excluding hydrogens is 409 g/mol. The van der Waals surface area contributed by atoms with Crippen LogP contribution in [-0.2, 0) is 0 Å². The molecule has 4 aromatic rings. The Balaban J connectivity index is 1.55. The zero-order valence-corrected chi connectivity index (χ0v) is 18.0. The quantitative estimate of drug-likeness (QED) is 0.507. The van der Waals surface area contributed by atoms with Crippen LogP contribution < -0.4 is 15.4 Å². The van der Waals surface area contributed by atoms with E-state index >= 15 is 0 Å². The second-order valence-corrected chi connectivity index (χ2v) is 8.12. The number of hydrogen-bond acceptors (Lipinski definition) is 5. The second-order valence-electron chi connectivity index (χ2n) is 8.12. The van der Waals surface area contributed by atoms with Gasteiger partial charge in [0.2, 0.25) is 5.88 Å². The number of benzene rings is 1. The third-order valence-electron chi connectivity index (χ3n) is 5.98. The summed E-state index contributed by atoms with van der Waals surface area (Å²) < 4.78 is 21.3. The van der Waals surface area contributed by atoms with Crippen molar-refractivity contribution in [1.82, 2.24) is 19.7 Å². The molecule has 1 amide bonds. The van der Waals surface area contributed by atoms with Crippen molar-refractivity contribution in [2.75, 3.05) is 25.5 Å². The van der Waals surface area contributed by atoms with E-state index in [1.54, 1.807) is 36.9 Å². The van der Waals surface area contributed by atoms with Gasteiger partial charge in [-0.2, -0.15) is 0 Å². The van der Waals surface area contributed by atoms with Gasteiger partial charge in [0.15, 0.2) is 11.5 Å². The fraction of sp³-hybridized carbons (Fsp3) is 0.292. The average Bonchev–Trinajstić information content (AvgIpc) is 3.19. The number of aromatic nitrogens is 3. The molecule has 1 aliphatic heterocycles. The van der Waals surface area contributed by atoms with Gasteiger partial charge in [-0.05, 0) is 56.5 Å². The number of anilines is 1. The molecule has 0 aliphatic carbocycles. The van der Waals surface area contributed by atoms with E-state index in [2.05, 4.69) is 20.6 Å². The number of nitrogens with one attached hydrogen (secondary N) is 2. The molecule has 0 unspecified atom stereocenters. The number of methoxy groups -OCH3 is 1. The molecule has 8 heteroatoms. The van der Waals surface area contributed by atoms with Crippen LogP contribution in [-0.4, -0.2) is 40.5 Å². The summed E-state index contributed by atoms with van der Waals surface area (Å²) in [5, 5.41) is 7.14. The summed E-state index contributed by atoms with van der Waals surface area (Å²) in [7, 11) is 1.55. The van der Waals surface area contributed by atoms with Gasteiger partial charge in [0, 0.05) is 29.9 Å². The maximum absolute atomic E-state index is 14.5. The smallest absolute Gasteiger partial charge is 0.257 e. The van der Waals surface area contributed by atoms with Gasteiger partial charge in [0.05, 0.1) is 29.6 Å². The van der Waals surface area contributed by atoms with Crippen LogP contribution in [0.25, 0.3) is 16.6 Å². The summed E-state index contributed by atoms with van der Waals surface area (Å²) in [4.78, 5) is 22.0. The Morgan fingerprint density at radius 2 is 2.00 bits per heavy atom. The number of halogens is 1. The molecular formula is C24H24FN5O2. The first-order valence-corrected chi connectivity index (χ1v) is 10.7. The number of nitrogens with zero attached hydrogens (tertiary/aromatic N) is 3. The Kier molecular flexibility index (Phi) is 5.22. The van der Waals surface area contributed by atoms with Crippen molar-refractivity contribution < 1.29 is 13.9 Å². The van der Waals surface area contributed by atoms with Crippen molar-refractivity contribution in [1.29, 1.82) is 0 Å². The van der Waals surface area contributed by atoms with Gasteiger partial charge in [-0.15, -0.1) is 0 Å². The molecule has 0 bridgehead atoms. The SMILES string of the molecule is COc1ccc2c(C3CCNCC3)ccc(C(=O)Nc3cc(F)c4nc(C)cn4c3)c2n1. The minimum absolute atomic E-state index is 0.226. The van der Waals surface area contributed by atoms with Gasteiger partial charge in [-0.1, -0.05) is 6.07 Å². The summed E-state index contributed by atoms with van der Waals surface area (Å²) in [6.07, 6.45) is 5.44. The number of amides is 1. The van der Waals surface area contributed by atoms with E-state index in [0.29, 0.717) is 34.3 Å². The molecule has 32 heavy (non-hydrogen) atoms. The Labute approximate surface area is 184 Å². The number of hydrogen-bond donors (Lipinski definition) is 2. The number of rotatable bonds is 4. The molecule has 1 fully saturated rings. The van der Waals surface area contributed by atoms with Crippen LogP contribution in [0.15, 0.2) is 42.7 Å². The highest BCUT2D eigenvalue weighted by molar-refractivity contribution is 6.12. The van der Waals surface area contributed by atoms with Crippen LogP contribution in [0.1, 0.15) is 40.4 Å². The summed E-state index contributed by atoms with van der Waals surface area (Å²) in [5.41, 5.74) is 3.45. The lowest BCUT2D eigenvalue weighted by Gasteiger charge is -2.24. The molecule has 7 nitrogen and oxygen atoms in total. The fourth-order valence-electron chi connectivity index (χ4n) is 4.45. The van der Waals surface area contributed by atoms with Crippen molar-refractivity contribution in [3.63, 3.8) is 0 Å². The Bertz CT molecular complexity index is 1330. The number of imidazole rings is 1. The van der Waals surface area contributed by atoms with Crippen LogP contribution >= 0.6 is 0 Å². The number of carbonyl (C=O) groups is 1. The van der Waals surface area contributed by atoms with Crippen molar-refractivity contribution in [3.8, 4) is 5.88 Å². The number of ether oxygens (including phenoxy) is 1. The standard InChI is InChI=1S/C24H24FN5O2/c1-14-12-30-13-16(11-20(25)23(30)27-14)28-24(31)19-4-3-17(15-7-9-26-10-8-15)18-5-6-21(32-2)29-22(18)19/h3-6,11-13,15,26H,7-10H2,1-2H3,(H,28,31). The maximum atomic E-state index is 14.5. The van der Waals surface area contributed by atoms with Gasteiger partial charge in [-0.25, -0.2) is 14.4 Å². The molecule has 0 spiro atoms. The number of piperidine rings is 1. The van der Waals surface area contributed by atoms with Gasteiger partial charge in [-0.3, -0.25) is 4.79 Å². The Morgan fingerprint density at radius 3 is 2.78 bits per heavy atom. The van der Waals surface area contributed by atoms with Gasteiger partial charge < -0.3 is 19.8 Å². The molecule has 5 rings (SSSR count). The predicted molar refractivity (Wildman–Crippen MR) is 121 cm³/mol. The lowest BCUT2D eigenvalue weighted by atomic mass is 9.87. The first-order valence-electron chi connectivity index (χ1n) is 10.7. The first-order chi connectivity index (χ1) is 15.5. The number of carbonyl (C=O) groups excluding carboxylic acids is 1. The Morgan fingerprint density at radius 1 is 1.19 bits per heavy atom. The topological polar surface area (TPSA) is 80.5 Å². The molecule has 4 heterocycles. The van der Waals surface area contributed by atoms with Gasteiger partial charge in [0.25, 0.3) is 5.91 Å². The Hall–Kier alpha value is -3.52. The van der Waals surface area contributed by atoms with E-state index < -0.39 is 5.82 Å². The largest absolute Gasteiger partial charge is 0.481 e. The highest BCUT2D eigenvalue weighted by atomic mass is 19.1. The van der Waals surface area contributed by atoms with E-state index in [1.807, 2.05) is 18.2 Å². The normalized spacial score (nSPS) is 14.7. The van der Waals surface area contributed by atoms with Gasteiger partial charge in [0.1, 0.15) is 0 Å². The maximum Gasteiger partial charge on any atom is 0.257 e. The molecule has 1 saturated heterocycles. The summed E-state index contributed by atoms with van der Waals surface area (Å²) >= 11 is 0.